The van der Waals surface area contributed by atoms with Gasteiger partial charge in [0.15, 0.2) is 0 Å². The minimum atomic E-state index is -4.58. The molecule has 1 saturated heterocycles. The van der Waals surface area contributed by atoms with Crippen LogP contribution in [0.4, 0.5) is 9.57 Å². The number of benzene rings is 1. The number of amides is 1. The lowest BCUT2D eigenvalue weighted by Crippen LogP contribution is -2.25. The topological polar surface area (TPSA) is 54.5 Å². The number of hydrogen-bond donors (Lipinski definition) is 0. The Kier molecular flexibility index (Phi) is 4.17. The molecule has 8 heteroatoms. The molecule has 1 heterocycles. The van der Waals surface area contributed by atoms with E-state index in [1.54, 1.807) is 18.2 Å². The summed E-state index contributed by atoms with van der Waals surface area (Å²) in [6.45, 7) is 0.151. The van der Waals surface area contributed by atoms with Gasteiger partial charge in [-0.15, -0.1) is 3.89 Å². The third kappa shape index (κ3) is 3.46. The number of anilines is 1. The maximum atomic E-state index is 12.6. The third-order valence-corrected chi connectivity index (χ3v) is 5.02. The molecule has 1 aliphatic rings. The van der Waals surface area contributed by atoms with Crippen LogP contribution in [0.2, 0.25) is 5.02 Å². The summed E-state index contributed by atoms with van der Waals surface area (Å²) in [5.74, 6) is -1.44. The smallest absolute Gasteiger partial charge is 0.302 e. The second-order valence-corrected chi connectivity index (χ2v) is 7.00. The highest BCUT2D eigenvalue weighted by molar-refractivity contribution is 9.10. The molecule has 0 radical (unpaired) electrons. The quantitative estimate of drug-likeness (QED) is 0.769. The fraction of sp³-hybridized carbons (Fsp3) is 0.364. The summed E-state index contributed by atoms with van der Waals surface area (Å²) in [5, 5.41) is 0.375. The molecule has 19 heavy (non-hydrogen) atoms. The number of nitrogens with zero attached hydrogens (tertiary/aromatic N) is 1. The van der Waals surface area contributed by atoms with Gasteiger partial charge in [-0.25, -0.2) is 0 Å². The fourth-order valence-corrected chi connectivity index (χ4v) is 3.48. The van der Waals surface area contributed by atoms with Crippen LogP contribution >= 0.6 is 27.5 Å². The summed E-state index contributed by atoms with van der Waals surface area (Å²) < 4.78 is 34.5. The van der Waals surface area contributed by atoms with E-state index >= 15 is 0 Å². The summed E-state index contributed by atoms with van der Waals surface area (Å²) in [6, 6.07) is 5.12. The van der Waals surface area contributed by atoms with E-state index in [1.807, 2.05) is 0 Å². The molecule has 1 unspecified atom stereocenters. The lowest BCUT2D eigenvalue weighted by molar-refractivity contribution is -0.117. The van der Waals surface area contributed by atoms with Crippen molar-refractivity contribution in [2.75, 3.05) is 17.2 Å². The van der Waals surface area contributed by atoms with E-state index in [2.05, 4.69) is 15.9 Å². The Bertz CT molecular complexity index is 622. The van der Waals surface area contributed by atoms with Gasteiger partial charge in [0.05, 0.1) is 16.5 Å². The molecule has 1 aromatic rings. The van der Waals surface area contributed by atoms with E-state index in [4.69, 9.17) is 11.6 Å². The normalized spacial score (nSPS) is 20.1. The van der Waals surface area contributed by atoms with Crippen LogP contribution in [-0.2, 0) is 15.0 Å². The van der Waals surface area contributed by atoms with Crippen molar-refractivity contribution in [3.05, 3.63) is 27.7 Å². The maximum Gasteiger partial charge on any atom is 0.302 e. The first kappa shape index (κ1) is 14.7. The number of carbonyl (C=O) groups excluding carboxylic acids is 1. The minimum Gasteiger partial charge on any atom is -0.311 e. The molecule has 0 bridgehead atoms. The largest absolute Gasteiger partial charge is 0.311 e. The van der Waals surface area contributed by atoms with Crippen molar-refractivity contribution in [2.45, 2.75) is 6.42 Å². The first-order chi connectivity index (χ1) is 8.78. The molecule has 2 rings (SSSR count). The molecule has 1 fully saturated rings. The van der Waals surface area contributed by atoms with E-state index in [0.29, 0.717) is 15.2 Å². The van der Waals surface area contributed by atoms with Crippen molar-refractivity contribution in [3.8, 4) is 0 Å². The Balaban J connectivity index is 2.23. The van der Waals surface area contributed by atoms with Crippen LogP contribution in [0.25, 0.3) is 0 Å². The predicted octanol–water partition coefficient (Wildman–Crippen LogP) is 2.75. The first-order valence-corrected chi connectivity index (χ1v) is 8.17. The number of rotatable bonds is 3. The van der Waals surface area contributed by atoms with Crippen molar-refractivity contribution >= 4 is 49.3 Å². The maximum absolute atomic E-state index is 12.6. The molecule has 1 aromatic carbocycles. The van der Waals surface area contributed by atoms with Crippen molar-refractivity contribution in [3.63, 3.8) is 0 Å². The van der Waals surface area contributed by atoms with Crippen LogP contribution < -0.4 is 4.90 Å². The second kappa shape index (κ2) is 5.38. The Labute approximate surface area is 123 Å². The van der Waals surface area contributed by atoms with Gasteiger partial charge in [-0.3, -0.25) is 4.79 Å². The van der Waals surface area contributed by atoms with Crippen LogP contribution in [-0.4, -0.2) is 26.6 Å². The molecule has 0 N–H and O–H groups in total. The summed E-state index contributed by atoms with van der Waals surface area (Å²) in [7, 11) is -4.58. The van der Waals surface area contributed by atoms with Crippen molar-refractivity contribution in [2.24, 2.45) is 5.92 Å². The summed E-state index contributed by atoms with van der Waals surface area (Å²) in [4.78, 5) is 13.3. The van der Waals surface area contributed by atoms with E-state index in [-0.39, 0.29) is 18.9 Å². The van der Waals surface area contributed by atoms with Crippen molar-refractivity contribution in [1.82, 2.24) is 0 Å². The van der Waals surface area contributed by atoms with Gasteiger partial charge in [-0.05, 0) is 28.1 Å². The zero-order valence-corrected chi connectivity index (χ0v) is 12.8. The van der Waals surface area contributed by atoms with Gasteiger partial charge in [0.1, 0.15) is 0 Å². The Morgan fingerprint density at radius 1 is 1.47 bits per heavy atom. The average molecular weight is 371 g/mol. The van der Waals surface area contributed by atoms with Gasteiger partial charge in [-0.1, -0.05) is 17.7 Å². The molecular weight excluding hydrogens is 361 g/mol. The zero-order valence-electron chi connectivity index (χ0n) is 9.64. The summed E-state index contributed by atoms with van der Waals surface area (Å²) >= 11 is 9.34. The Morgan fingerprint density at radius 2 is 2.16 bits per heavy atom. The summed E-state index contributed by atoms with van der Waals surface area (Å²) in [6.07, 6.45) is 0.00594. The molecule has 0 spiro atoms. The summed E-state index contributed by atoms with van der Waals surface area (Å²) in [5.41, 5.74) is 0.500. The SMILES string of the molecule is O=C1CC(CS(=O)(=O)F)CN1c1cccc(Br)c1Cl. The van der Waals surface area contributed by atoms with Crippen LogP contribution in [0.15, 0.2) is 22.7 Å². The predicted molar refractivity (Wildman–Crippen MR) is 74.5 cm³/mol. The Morgan fingerprint density at radius 3 is 2.79 bits per heavy atom. The van der Waals surface area contributed by atoms with Crippen LogP contribution in [0.1, 0.15) is 6.42 Å². The van der Waals surface area contributed by atoms with Gasteiger partial charge in [0.25, 0.3) is 0 Å². The lowest BCUT2D eigenvalue weighted by Gasteiger charge is -2.18. The number of halogens is 3. The molecular formula is C11H10BrClFNO3S. The van der Waals surface area contributed by atoms with Crippen molar-refractivity contribution < 1.29 is 17.1 Å². The van der Waals surface area contributed by atoms with E-state index in [9.17, 15) is 17.1 Å². The molecule has 1 atom stereocenters. The fourth-order valence-electron chi connectivity index (χ4n) is 2.11. The van der Waals surface area contributed by atoms with Crippen LogP contribution in [0.5, 0.6) is 0 Å². The molecule has 104 valence electrons. The van der Waals surface area contributed by atoms with Crippen LogP contribution in [0.3, 0.4) is 0 Å². The third-order valence-electron chi connectivity index (χ3n) is 2.86. The van der Waals surface area contributed by atoms with E-state index in [0.717, 1.165) is 0 Å². The first-order valence-electron chi connectivity index (χ1n) is 5.44. The molecule has 0 aliphatic carbocycles. The molecule has 0 aromatic heterocycles. The highest BCUT2D eigenvalue weighted by atomic mass is 79.9. The van der Waals surface area contributed by atoms with Gasteiger partial charge >= 0.3 is 10.2 Å². The van der Waals surface area contributed by atoms with Crippen molar-refractivity contribution in [1.29, 1.82) is 0 Å². The van der Waals surface area contributed by atoms with Gasteiger partial charge in [0.2, 0.25) is 5.91 Å². The van der Waals surface area contributed by atoms with E-state index < -0.39 is 21.9 Å². The monoisotopic (exact) mass is 369 g/mol. The van der Waals surface area contributed by atoms with Gasteiger partial charge < -0.3 is 4.90 Å². The molecule has 4 nitrogen and oxygen atoms in total. The number of hydrogen-bond acceptors (Lipinski definition) is 3. The van der Waals surface area contributed by atoms with Gasteiger partial charge in [-0.2, -0.15) is 8.42 Å². The average Bonchev–Trinajstić information content (AvgIpc) is 2.61. The zero-order chi connectivity index (χ0) is 14.2. The lowest BCUT2D eigenvalue weighted by atomic mass is 10.1. The minimum absolute atomic E-state index is 0.00594. The molecule has 1 amide bonds. The molecule has 0 saturated carbocycles. The van der Waals surface area contributed by atoms with Crippen LogP contribution in [0, 0.1) is 5.92 Å². The number of carbonyl (C=O) groups is 1. The molecule has 1 aliphatic heterocycles. The van der Waals surface area contributed by atoms with E-state index in [1.165, 1.54) is 4.90 Å². The van der Waals surface area contributed by atoms with Gasteiger partial charge in [0, 0.05) is 23.4 Å². The highest BCUT2D eigenvalue weighted by Crippen LogP contribution is 2.36. The standard InChI is InChI=1S/C11H10BrClFNO3S/c12-8-2-1-3-9(11(8)13)15-5-7(4-10(15)16)6-19(14,17)18/h1-3,7H,4-6H2. The second-order valence-electron chi connectivity index (χ2n) is 4.35. The highest BCUT2D eigenvalue weighted by Gasteiger charge is 2.34. The Hall–Kier alpha value is -0.660.